The summed E-state index contributed by atoms with van der Waals surface area (Å²) in [6, 6.07) is 4.47. The number of nitro benzene ring substituents is 1. The molecular formula is C9H8ClNO4. The Balaban J connectivity index is 2.27. The van der Waals surface area contributed by atoms with Crippen molar-refractivity contribution in [2.75, 3.05) is 0 Å². The Bertz CT molecular complexity index is 403. The summed E-state index contributed by atoms with van der Waals surface area (Å²) in [7, 11) is 0. The summed E-state index contributed by atoms with van der Waals surface area (Å²) >= 11 is 5.66. The third-order valence-corrected chi connectivity index (χ3v) is 2.39. The highest BCUT2D eigenvalue weighted by atomic mass is 35.5. The first-order chi connectivity index (χ1) is 7.08. The normalized spacial score (nSPS) is 24.7. The van der Waals surface area contributed by atoms with E-state index in [0.717, 1.165) is 0 Å². The second-order valence-electron chi connectivity index (χ2n) is 3.14. The van der Waals surface area contributed by atoms with E-state index in [9.17, 15) is 10.1 Å². The highest BCUT2D eigenvalue weighted by molar-refractivity contribution is 6.32. The SMILES string of the molecule is CC1OC(c2ccc(Cl)c([N+](=O)[O-])c2)O1. The fraction of sp³-hybridized carbons (Fsp3) is 0.333. The molecule has 0 spiro atoms. The molecule has 1 fully saturated rings. The molecule has 2 rings (SSSR count). The average Bonchev–Trinajstić information content (AvgIpc) is 2.14. The molecule has 5 nitrogen and oxygen atoms in total. The van der Waals surface area contributed by atoms with E-state index in [1.54, 1.807) is 13.0 Å². The third-order valence-electron chi connectivity index (χ3n) is 2.07. The van der Waals surface area contributed by atoms with Crippen molar-refractivity contribution in [3.63, 3.8) is 0 Å². The molecule has 1 aliphatic rings. The van der Waals surface area contributed by atoms with Crippen molar-refractivity contribution >= 4 is 17.3 Å². The van der Waals surface area contributed by atoms with Crippen molar-refractivity contribution in [2.45, 2.75) is 19.5 Å². The van der Waals surface area contributed by atoms with Gasteiger partial charge in [0.2, 0.25) is 0 Å². The summed E-state index contributed by atoms with van der Waals surface area (Å²) in [6.07, 6.45) is -0.777. The highest BCUT2D eigenvalue weighted by Gasteiger charge is 2.30. The molecule has 1 aromatic carbocycles. The number of ether oxygens (including phenoxy) is 2. The zero-order valence-electron chi connectivity index (χ0n) is 7.84. The molecule has 0 amide bonds. The number of hydrogen-bond acceptors (Lipinski definition) is 4. The minimum atomic E-state index is -0.534. The van der Waals surface area contributed by atoms with E-state index in [-0.39, 0.29) is 17.0 Å². The molecule has 6 heteroatoms. The van der Waals surface area contributed by atoms with Gasteiger partial charge in [-0.1, -0.05) is 17.7 Å². The summed E-state index contributed by atoms with van der Waals surface area (Å²) in [4.78, 5) is 10.1. The highest BCUT2D eigenvalue weighted by Crippen LogP contribution is 2.35. The van der Waals surface area contributed by atoms with Gasteiger partial charge in [0.1, 0.15) is 5.02 Å². The van der Waals surface area contributed by atoms with Crippen LogP contribution in [0.3, 0.4) is 0 Å². The van der Waals surface area contributed by atoms with Gasteiger partial charge in [0.25, 0.3) is 5.69 Å². The van der Waals surface area contributed by atoms with E-state index in [2.05, 4.69) is 0 Å². The first-order valence-corrected chi connectivity index (χ1v) is 4.70. The van der Waals surface area contributed by atoms with Crippen molar-refractivity contribution < 1.29 is 14.4 Å². The Morgan fingerprint density at radius 2 is 2.13 bits per heavy atom. The molecule has 0 aliphatic carbocycles. The van der Waals surface area contributed by atoms with Crippen molar-refractivity contribution in [3.05, 3.63) is 38.9 Å². The molecule has 0 unspecified atom stereocenters. The van der Waals surface area contributed by atoms with Crippen molar-refractivity contribution in [1.29, 1.82) is 0 Å². The molecule has 0 atom stereocenters. The fourth-order valence-corrected chi connectivity index (χ4v) is 1.52. The molecule has 0 bridgehead atoms. The number of rotatable bonds is 2. The second-order valence-corrected chi connectivity index (χ2v) is 3.55. The Labute approximate surface area is 90.7 Å². The molecular weight excluding hydrogens is 222 g/mol. The van der Waals surface area contributed by atoms with E-state index < -0.39 is 11.2 Å². The van der Waals surface area contributed by atoms with E-state index >= 15 is 0 Å². The Morgan fingerprint density at radius 3 is 2.67 bits per heavy atom. The van der Waals surface area contributed by atoms with Gasteiger partial charge in [0.15, 0.2) is 12.6 Å². The predicted molar refractivity (Wildman–Crippen MR) is 52.5 cm³/mol. The van der Waals surface area contributed by atoms with Crippen LogP contribution in [0, 0.1) is 10.1 Å². The molecule has 1 heterocycles. The van der Waals surface area contributed by atoms with Crippen LogP contribution in [0.15, 0.2) is 18.2 Å². The third kappa shape index (κ3) is 1.94. The minimum absolute atomic E-state index is 0.108. The van der Waals surface area contributed by atoms with Gasteiger partial charge in [-0.3, -0.25) is 10.1 Å². The van der Waals surface area contributed by atoms with Crippen molar-refractivity contribution in [2.24, 2.45) is 0 Å². The van der Waals surface area contributed by atoms with E-state index in [0.29, 0.717) is 5.56 Å². The molecule has 1 aliphatic heterocycles. The maximum absolute atomic E-state index is 10.6. The van der Waals surface area contributed by atoms with Crippen LogP contribution in [-0.4, -0.2) is 11.2 Å². The van der Waals surface area contributed by atoms with Crippen LogP contribution in [0.1, 0.15) is 18.8 Å². The van der Waals surface area contributed by atoms with Gasteiger partial charge in [-0.15, -0.1) is 0 Å². The van der Waals surface area contributed by atoms with Crippen molar-refractivity contribution in [1.82, 2.24) is 0 Å². The van der Waals surface area contributed by atoms with E-state index in [1.807, 2.05) is 0 Å². The molecule has 0 radical (unpaired) electrons. The smallest absolute Gasteiger partial charge is 0.288 e. The average molecular weight is 230 g/mol. The monoisotopic (exact) mass is 229 g/mol. The lowest BCUT2D eigenvalue weighted by Crippen LogP contribution is -2.31. The maximum atomic E-state index is 10.6. The van der Waals surface area contributed by atoms with Crippen LogP contribution in [-0.2, 0) is 9.47 Å². The van der Waals surface area contributed by atoms with Crippen LogP contribution in [0.4, 0.5) is 5.69 Å². The first kappa shape index (κ1) is 10.4. The molecule has 80 valence electrons. The van der Waals surface area contributed by atoms with Crippen LogP contribution in [0.2, 0.25) is 5.02 Å². The van der Waals surface area contributed by atoms with Gasteiger partial charge in [-0.25, -0.2) is 0 Å². The quantitative estimate of drug-likeness (QED) is 0.578. The lowest BCUT2D eigenvalue weighted by atomic mass is 10.2. The van der Waals surface area contributed by atoms with Crippen LogP contribution in [0.25, 0.3) is 0 Å². The molecule has 0 saturated carbocycles. The van der Waals surface area contributed by atoms with Crippen molar-refractivity contribution in [3.8, 4) is 0 Å². The number of nitrogens with zero attached hydrogens (tertiary/aromatic N) is 1. The summed E-state index contributed by atoms with van der Waals surface area (Å²) in [5.41, 5.74) is 0.463. The molecule has 15 heavy (non-hydrogen) atoms. The summed E-state index contributed by atoms with van der Waals surface area (Å²) in [5, 5.41) is 10.7. The summed E-state index contributed by atoms with van der Waals surface area (Å²) in [6.45, 7) is 1.75. The minimum Gasteiger partial charge on any atom is -0.320 e. The number of hydrogen-bond donors (Lipinski definition) is 0. The molecule has 0 N–H and O–H groups in total. The largest absolute Gasteiger partial charge is 0.320 e. The predicted octanol–water partition coefficient (Wildman–Crippen LogP) is 2.64. The number of halogens is 1. The van der Waals surface area contributed by atoms with Crippen LogP contribution >= 0.6 is 11.6 Å². The molecule has 1 aromatic rings. The Morgan fingerprint density at radius 1 is 1.47 bits per heavy atom. The van der Waals surface area contributed by atoms with Crippen LogP contribution < -0.4 is 0 Å². The Kier molecular flexibility index (Phi) is 2.60. The number of nitro groups is 1. The van der Waals surface area contributed by atoms with Gasteiger partial charge >= 0.3 is 0 Å². The van der Waals surface area contributed by atoms with Crippen LogP contribution in [0.5, 0.6) is 0 Å². The summed E-state index contributed by atoms with van der Waals surface area (Å²) in [5.74, 6) is 0. The molecule has 0 aromatic heterocycles. The first-order valence-electron chi connectivity index (χ1n) is 4.32. The van der Waals surface area contributed by atoms with Gasteiger partial charge in [-0.2, -0.15) is 0 Å². The van der Waals surface area contributed by atoms with E-state index in [1.165, 1.54) is 12.1 Å². The van der Waals surface area contributed by atoms with Gasteiger partial charge in [-0.05, 0) is 13.0 Å². The summed E-state index contributed by atoms with van der Waals surface area (Å²) < 4.78 is 10.4. The second kappa shape index (κ2) is 3.77. The zero-order valence-corrected chi connectivity index (χ0v) is 8.60. The van der Waals surface area contributed by atoms with E-state index in [4.69, 9.17) is 21.1 Å². The Hall–Kier alpha value is -1.17. The lowest BCUT2D eigenvalue weighted by Gasteiger charge is -2.33. The standard InChI is InChI=1S/C9H8ClNO4/c1-5-14-9(15-5)6-2-3-7(10)8(4-6)11(12)13/h2-5,9H,1H3. The molecule has 1 saturated heterocycles. The maximum Gasteiger partial charge on any atom is 0.288 e. The topological polar surface area (TPSA) is 61.6 Å². The fourth-order valence-electron chi connectivity index (χ4n) is 1.33. The zero-order chi connectivity index (χ0) is 11.0. The number of benzene rings is 1. The lowest BCUT2D eigenvalue weighted by molar-refractivity contribution is -0.389. The van der Waals surface area contributed by atoms with Gasteiger partial charge in [0, 0.05) is 11.6 Å². The van der Waals surface area contributed by atoms with Gasteiger partial charge < -0.3 is 9.47 Å². The van der Waals surface area contributed by atoms with Gasteiger partial charge in [0.05, 0.1) is 4.92 Å².